The van der Waals surface area contributed by atoms with Gasteiger partial charge in [-0.3, -0.25) is 19.3 Å². The molecule has 2 fully saturated rings. The molecule has 1 saturated heterocycles. The third-order valence-electron chi connectivity index (χ3n) is 4.28. The molecule has 2 atom stereocenters. The molecule has 4 nitrogen and oxygen atoms in total. The molecule has 1 heterocycles. The summed E-state index contributed by atoms with van der Waals surface area (Å²) in [5, 5.41) is 0. The topological polar surface area (TPSA) is 54.5 Å². The number of Topliss-reactive ketones (excluding diaryl/α,β-unsaturated/α-hetero) is 1. The Bertz CT molecular complexity index is 593. The van der Waals surface area contributed by atoms with Crippen LogP contribution in [0.1, 0.15) is 31.2 Å². The van der Waals surface area contributed by atoms with Gasteiger partial charge in [0.2, 0.25) is 11.8 Å². The van der Waals surface area contributed by atoms with Crippen LogP contribution in [0.15, 0.2) is 24.3 Å². The number of rotatable bonds is 2. The van der Waals surface area contributed by atoms with Gasteiger partial charge in [-0.15, -0.1) is 0 Å². The monoisotopic (exact) mass is 271 g/mol. The van der Waals surface area contributed by atoms with Crippen LogP contribution in [0.25, 0.3) is 0 Å². The van der Waals surface area contributed by atoms with Gasteiger partial charge in [0.05, 0.1) is 11.6 Å². The number of benzene rings is 1. The van der Waals surface area contributed by atoms with Gasteiger partial charge < -0.3 is 0 Å². The number of ketones is 1. The highest BCUT2D eigenvalue weighted by molar-refractivity contribution is 6.21. The molecule has 0 N–H and O–H groups in total. The lowest BCUT2D eigenvalue weighted by molar-refractivity contribution is -0.129. The van der Waals surface area contributed by atoms with Gasteiger partial charge in [0.25, 0.3) is 0 Å². The van der Waals surface area contributed by atoms with Gasteiger partial charge in [0.15, 0.2) is 0 Å². The molecule has 2 amide bonds. The Morgan fingerprint density at radius 2 is 1.95 bits per heavy atom. The average Bonchev–Trinajstić information content (AvgIpc) is 2.93. The molecule has 1 aliphatic carbocycles. The summed E-state index contributed by atoms with van der Waals surface area (Å²) in [6.07, 6.45) is 2.30. The predicted octanol–water partition coefficient (Wildman–Crippen LogP) is 2.24. The number of hydrogen-bond acceptors (Lipinski definition) is 3. The summed E-state index contributed by atoms with van der Waals surface area (Å²) in [5.74, 6) is -0.951. The van der Waals surface area contributed by atoms with Crippen LogP contribution in [0.3, 0.4) is 0 Å². The molecular formula is C16H17NO3. The Morgan fingerprint density at radius 1 is 1.15 bits per heavy atom. The number of nitrogens with zero attached hydrogens (tertiary/aromatic N) is 1. The highest BCUT2D eigenvalue weighted by atomic mass is 16.2. The minimum atomic E-state index is -0.446. The van der Waals surface area contributed by atoms with Crippen molar-refractivity contribution in [3.05, 3.63) is 29.8 Å². The van der Waals surface area contributed by atoms with E-state index < -0.39 is 5.92 Å². The fraction of sp³-hybridized carbons (Fsp3) is 0.438. The van der Waals surface area contributed by atoms with Crippen LogP contribution in [0, 0.1) is 18.8 Å². The Hall–Kier alpha value is -1.97. The van der Waals surface area contributed by atoms with E-state index in [0.717, 1.165) is 18.4 Å². The molecule has 1 saturated carbocycles. The van der Waals surface area contributed by atoms with Crippen molar-refractivity contribution in [1.82, 2.24) is 0 Å². The van der Waals surface area contributed by atoms with E-state index in [4.69, 9.17) is 0 Å². The lowest BCUT2D eigenvalue weighted by atomic mass is 9.89. The van der Waals surface area contributed by atoms with E-state index >= 15 is 0 Å². The summed E-state index contributed by atoms with van der Waals surface area (Å²) >= 11 is 0. The quantitative estimate of drug-likeness (QED) is 0.775. The molecule has 0 radical (unpaired) electrons. The molecule has 4 heteroatoms. The Morgan fingerprint density at radius 3 is 2.60 bits per heavy atom. The second-order valence-electron chi connectivity index (χ2n) is 5.68. The first-order valence-electron chi connectivity index (χ1n) is 7.04. The second-order valence-corrected chi connectivity index (χ2v) is 5.68. The lowest BCUT2D eigenvalue weighted by Gasteiger charge is -2.17. The molecular weight excluding hydrogens is 254 g/mol. The van der Waals surface area contributed by atoms with Crippen LogP contribution >= 0.6 is 0 Å². The number of carbonyl (C=O) groups excluding carboxylic acids is 3. The summed E-state index contributed by atoms with van der Waals surface area (Å²) in [6, 6.07) is 7.35. The van der Waals surface area contributed by atoms with Gasteiger partial charge in [0.1, 0.15) is 5.78 Å². The first-order chi connectivity index (χ1) is 9.58. The number of aryl methyl sites for hydroxylation is 1. The van der Waals surface area contributed by atoms with Crippen molar-refractivity contribution >= 4 is 23.3 Å². The highest BCUT2D eigenvalue weighted by Gasteiger charge is 2.46. The number of anilines is 1. The standard InChI is InChI=1S/C16H17NO3/c1-10-4-2-5-11(8-10)17-15(19)9-13(16(17)20)12-6-3-7-14(12)18/h2,4-5,8,12-13H,3,6-7,9H2,1H3. The summed E-state index contributed by atoms with van der Waals surface area (Å²) in [4.78, 5) is 37.8. The van der Waals surface area contributed by atoms with Gasteiger partial charge in [-0.2, -0.15) is 0 Å². The van der Waals surface area contributed by atoms with Gasteiger partial charge in [-0.05, 0) is 37.5 Å². The zero-order chi connectivity index (χ0) is 14.3. The van der Waals surface area contributed by atoms with E-state index in [2.05, 4.69) is 0 Å². The normalized spacial score (nSPS) is 26.6. The van der Waals surface area contributed by atoms with Crippen LogP contribution in [-0.4, -0.2) is 17.6 Å². The summed E-state index contributed by atoms with van der Waals surface area (Å²) < 4.78 is 0. The van der Waals surface area contributed by atoms with Crippen molar-refractivity contribution in [3.63, 3.8) is 0 Å². The molecule has 20 heavy (non-hydrogen) atoms. The molecule has 1 aliphatic heterocycles. The predicted molar refractivity (Wildman–Crippen MR) is 74.1 cm³/mol. The van der Waals surface area contributed by atoms with E-state index in [0.29, 0.717) is 12.1 Å². The summed E-state index contributed by atoms with van der Waals surface area (Å²) in [6.45, 7) is 1.92. The van der Waals surface area contributed by atoms with Crippen molar-refractivity contribution in [1.29, 1.82) is 0 Å². The van der Waals surface area contributed by atoms with Gasteiger partial charge >= 0.3 is 0 Å². The van der Waals surface area contributed by atoms with Crippen molar-refractivity contribution in [2.24, 2.45) is 11.8 Å². The van der Waals surface area contributed by atoms with Gasteiger partial charge in [-0.25, -0.2) is 0 Å². The fourth-order valence-corrected chi connectivity index (χ4v) is 3.28. The smallest absolute Gasteiger partial charge is 0.238 e. The molecule has 0 bridgehead atoms. The Labute approximate surface area is 117 Å². The SMILES string of the molecule is Cc1cccc(N2C(=O)CC(C3CCCC3=O)C2=O)c1. The summed E-state index contributed by atoms with van der Waals surface area (Å²) in [7, 11) is 0. The van der Waals surface area contributed by atoms with Gasteiger partial charge in [-0.1, -0.05) is 12.1 Å². The highest BCUT2D eigenvalue weighted by Crippen LogP contribution is 2.37. The van der Waals surface area contributed by atoms with Crippen molar-refractivity contribution in [2.75, 3.05) is 4.90 Å². The van der Waals surface area contributed by atoms with E-state index in [1.807, 2.05) is 25.1 Å². The Kier molecular flexibility index (Phi) is 3.16. The number of amides is 2. The van der Waals surface area contributed by atoms with Crippen LogP contribution in [0.4, 0.5) is 5.69 Å². The number of carbonyl (C=O) groups is 3. The third kappa shape index (κ3) is 2.05. The Balaban J connectivity index is 1.89. The molecule has 3 rings (SSSR count). The van der Waals surface area contributed by atoms with E-state index in [1.165, 1.54) is 4.90 Å². The number of imide groups is 1. The zero-order valence-corrected chi connectivity index (χ0v) is 11.5. The molecule has 0 spiro atoms. The van der Waals surface area contributed by atoms with Crippen molar-refractivity contribution in [3.8, 4) is 0 Å². The fourth-order valence-electron chi connectivity index (χ4n) is 3.28. The largest absolute Gasteiger partial charge is 0.299 e. The van der Waals surface area contributed by atoms with E-state index in [-0.39, 0.29) is 29.9 Å². The van der Waals surface area contributed by atoms with Gasteiger partial charge in [0, 0.05) is 18.8 Å². The minimum absolute atomic E-state index is 0.141. The third-order valence-corrected chi connectivity index (χ3v) is 4.28. The van der Waals surface area contributed by atoms with Crippen molar-refractivity contribution in [2.45, 2.75) is 32.6 Å². The maximum absolute atomic E-state index is 12.5. The lowest BCUT2D eigenvalue weighted by Crippen LogP contribution is -2.33. The first kappa shape index (κ1) is 13.0. The molecule has 2 aliphatic rings. The zero-order valence-electron chi connectivity index (χ0n) is 11.5. The maximum Gasteiger partial charge on any atom is 0.238 e. The van der Waals surface area contributed by atoms with E-state index in [9.17, 15) is 14.4 Å². The summed E-state index contributed by atoms with van der Waals surface area (Å²) in [5.41, 5.74) is 1.62. The maximum atomic E-state index is 12.5. The van der Waals surface area contributed by atoms with Crippen LogP contribution < -0.4 is 4.90 Å². The molecule has 104 valence electrons. The van der Waals surface area contributed by atoms with E-state index in [1.54, 1.807) is 6.07 Å². The molecule has 2 unspecified atom stereocenters. The van der Waals surface area contributed by atoms with Crippen LogP contribution in [-0.2, 0) is 14.4 Å². The average molecular weight is 271 g/mol. The van der Waals surface area contributed by atoms with Crippen molar-refractivity contribution < 1.29 is 14.4 Å². The first-order valence-corrected chi connectivity index (χ1v) is 7.04. The minimum Gasteiger partial charge on any atom is -0.299 e. The molecule has 1 aromatic rings. The van der Waals surface area contributed by atoms with Crippen LogP contribution in [0.2, 0.25) is 0 Å². The molecule has 0 aromatic heterocycles. The van der Waals surface area contributed by atoms with Crippen LogP contribution in [0.5, 0.6) is 0 Å². The molecule has 1 aromatic carbocycles. The number of hydrogen-bond donors (Lipinski definition) is 0. The second kappa shape index (κ2) is 4.85.